The first-order valence-corrected chi connectivity index (χ1v) is 6.32. The van der Waals surface area contributed by atoms with E-state index in [-0.39, 0.29) is 23.8 Å². The fraction of sp³-hybridized carbons (Fsp3) is 0.200. The lowest BCUT2D eigenvalue weighted by atomic mass is 10.0. The Morgan fingerprint density at radius 1 is 1.33 bits per heavy atom. The van der Waals surface area contributed by atoms with Gasteiger partial charge >= 0.3 is 5.97 Å². The Balaban J connectivity index is 2.01. The molecule has 3 rings (SSSR count). The van der Waals surface area contributed by atoms with E-state index in [1.165, 1.54) is 7.11 Å². The molecule has 1 aromatic rings. The number of benzene rings is 1. The summed E-state index contributed by atoms with van der Waals surface area (Å²) in [6.07, 6.45) is 1.63. The Labute approximate surface area is 121 Å². The Morgan fingerprint density at radius 3 is 2.86 bits per heavy atom. The van der Waals surface area contributed by atoms with Gasteiger partial charge in [-0.2, -0.15) is 0 Å². The maximum atomic E-state index is 12.0. The first kappa shape index (κ1) is 13.2. The number of carbonyl (C=O) groups excluding carboxylic acids is 2. The van der Waals surface area contributed by atoms with E-state index in [0.29, 0.717) is 17.2 Å². The van der Waals surface area contributed by atoms with E-state index in [0.717, 1.165) is 5.56 Å². The van der Waals surface area contributed by atoms with E-state index in [9.17, 15) is 9.59 Å². The highest BCUT2D eigenvalue weighted by molar-refractivity contribution is 6.16. The van der Waals surface area contributed by atoms with Crippen molar-refractivity contribution in [3.8, 4) is 11.5 Å². The van der Waals surface area contributed by atoms with Crippen LogP contribution in [0.5, 0.6) is 11.5 Å². The first-order chi connectivity index (χ1) is 10.1. The summed E-state index contributed by atoms with van der Waals surface area (Å²) < 4.78 is 15.2. The normalized spacial score (nSPS) is 18.2. The number of nitrogens with one attached hydrogen (secondary N) is 1. The zero-order valence-electron chi connectivity index (χ0n) is 11.6. The number of esters is 1. The van der Waals surface area contributed by atoms with Crippen molar-refractivity contribution in [2.24, 2.45) is 0 Å². The van der Waals surface area contributed by atoms with E-state index < -0.39 is 5.97 Å². The van der Waals surface area contributed by atoms with Crippen molar-refractivity contribution in [1.82, 2.24) is 5.32 Å². The number of methoxy groups -OCH3 is 1. The molecular weight excluding hydrogens is 274 g/mol. The summed E-state index contributed by atoms with van der Waals surface area (Å²) in [5.41, 5.74) is 1.75. The lowest BCUT2D eigenvalue weighted by Gasteiger charge is -2.03. The molecule has 0 aromatic heterocycles. The Morgan fingerprint density at radius 2 is 2.10 bits per heavy atom. The van der Waals surface area contributed by atoms with Gasteiger partial charge in [-0.15, -0.1) is 0 Å². The Kier molecular flexibility index (Phi) is 3.13. The van der Waals surface area contributed by atoms with Crippen LogP contribution < -0.4 is 14.8 Å². The highest BCUT2D eigenvalue weighted by atomic mass is 16.7. The molecule has 6 nitrogen and oxygen atoms in total. The van der Waals surface area contributed by atoms with Gasteiger partial charge in [0.1, 0.15) is 0 Å². The zero-order valence-corrected chi connectivity index (χ0v) is 11.6. The summed E-state index contributed by atoms with van der Waals surface area (Å²) in [4.78, 5) is 23.8. The van der Waals surface area contributed by atoms with Gasteiger partial charge in [0.15, 0.2) is 11.5 Å². The smallest absolute Gasteiger partial charge is 0.340 e. The number of hydrogen-bond donors (Lipinski definition) is 1. The summed E-state index contributed by atoms with van der Waals surface area (Å²) in [7, 11) is 1.28. The van der Waals surface area contributed by atoms with Gasteiger partial charge in [-0.25, -0.2) is 4.79 Å². The quantitative estimate of drug-likeness (QED) is 0.657. The molecule has 2 aliphatic rings. The maximum absolute atomic E-state index is 12.0. The highest BCUT2D eigenvalue weighted by Crippen LogP contribution is 2.34. The number of ether oxygens (including phenoxy) is 3. The number of allylic oxidation sites excluding steroid dienone is 1. The van der Waals surface area contributed by atoms with Crippen molar-refractivity contribution >= 4 is 18.0 Å². The average Bonchev–Trinajstić information content (AvgIpc) is 3.03. The van der Waals surface area contributed by atoms with Crippen molar-refractivity contribution in [3.63, 3.8) is 0 Å². The predicted molar refractivity (Wildman–Crippen MR) is 73.4 cm³/mol. The summed E-state index contributed by atoms with van der Waals surface area (Å²) in [5, 5.41) is 2.62. The fourth-order valence-corrected chi connectivity index (χ4v) is 2.29. The van der Waals surface area contributed by atoms with Gasteiger partial charge in [-0.3, -0.25) is 4.79 Å². The number of hydrogen-bond acceptors (Lipinski definition) is 5. The van der Waals surface area contributed by atoms with Gasteiger partial charge < -0.3 is 19.5 Å². The molecule has 0 fully saturated rings. The molecule has 2 heterocycles. The Bertz CT molecular complexity index is 702. The molecule has 0 atom stereocenters. The molecular formula is C15H13NO5. The van der Waals surface area contributed by atoms with E-state index in [1.54, 1.807) is 31.2 Å². The lowest BCUT2D eigenvalue weighted by molar-refractivity contribution is -0.136. The SMILES string of the molecule is COC(=O)C1=C(C)NC(=O)/C1=C\c1ccc2c(c1)OCO2. The van der Waals surface area contributed by atoms with Crippen molar-refractivity contribution in [1.29, 1.82) is 0 Å². The van der Waals surface area contributed by atoms with Crippen LogP contribution in [0.2, 0.25) is 0 Å². The maximum Gasteiger partial charge on any atom is 0.340 e. The van der Waals surface area contributed by atoms with Crippen LogP contribution in [0.25, 0.3) is 6.08 Å². The molecule has 0 spiro atoms. The van der Waals surface area contributed by atoms with Gasteiger partial charge in [-0.1, -0.05) is 6.07 Å². The van der Waals surface area contributed by atoms with Crippen molar-refractivity contribution in [2.75, 3.05) is 13.9 Å². The average molecular weight is 287 g/mol. The molecule has 1 N–H and O–H groups in total. The van der Waals surface area contributed by atoms with Crippen LogP contribution in [0, 0.1) is 0 Å². The fourth-order valence-electron chi connectivity index (χ4n) is 2.29. The van der Waals surface area contributed by atoms with Crippen LogP contribution in [0.3, 0.4) is 0 Å². The molecule has 6 heteroatoms. The van der Waals surface area contributed by atoms with Gasteiger partial charge in [0, 0.05) is 5.70 Å². The van der Waals surface area contributed by atoms with Crippen LogP contribution in [0.4, 0.5) is 0 Å². The predicted octanol–water partition coefficient (Wildman–Crippen LogP) is 1.38. The number of carbonyl (C=O) groups is 2. The molecule has 0 radical (unpaired) electrons. The van der Waals surface area contributed by atoms with Gasteiger partial charge in [0.05, 0.1) is 18.3 Å². The molecule has 0 unspecified atom stereocenters. The Hall–Kier alpha value is -2.76. The zero-order chi connectivity index (χ0) is 15.0. The van der Waals surface area contributed by atoms with Gasteiger partial charge in [-0.05, 0) is 30.7 Å². The summed E-state index contributed by atoms with van der Waals surface area (Å²) in [6, 6.07) is 5.30. The molecule has 2 aliphatic heterocycles. The summed E-state index contributed by atoms with van der Waals surface area (Å²) >= 11 is 0. The van der Waals surface area contributed by atoms with E-state index in [1.807, 2.05) is 0 Å². The second kappa shape index (κ2) is 4.97. The minimum atomic E-state index is -0.544. The topological polar surface area (TPSA) is 73.9 Å². The molecule has 21 heavy (non-hydrogen) atoms. The highest BCUT2D eigenvalue weighted by Gasteiger charge is 2.30. The largest absolute Gasteiger partial charge is 0.465 e. The van der Waals surface area contributed by atoms with Crippen LogP contribution in [-0.4, -0.2) is 25.8 Å². The number of amides is 1. The van der Waals surface area contributed by atoms with Crippen LogP contribution >= 0.6 is 0 Å². The van der Waals surface area contributed by atoms with E-state index in [2.05, 4.69) is 5.32 Å². The second-order valence-electron chi connectivity index (χ2n) is 4.62. The molecule has 0 bridgehead atoms. The van der Waals surface area contributed by atoms with Crippen molar-refractivity contribution in [2.45, 2.75) is 6.92 Å². The molecule has 108 valence electrons. The van der Waals surface area contributed by atoms with Crippen LogP contribution in [0.1, 0.15) is 12.5 Å². The lowest BCUT2D eigenvalue weighted by Crippen LogP contribution is -2.15. The summed E-state index contributed by atoms with van der Waals surface area (Å²) in [5.74, 6) is 0.402. The molecule has 0 saturated heterocycles. The standard InChI is InChI=1S/C15H13NO5/c1-8-13(15(18)19-2)10(14(17)16-8)5-9-3-4-11-12(6-9)21-7-20-11/h3-6H,7H2,1-2H3,(H,16,17)/b10-5-. The van der Waals surface area contributed by atoms with Crippen molar-refractivity contribution < 1.29 is 23.8 Å². The summed E-state index contributed by atoms with van der Waals surface area (Å²) in [6.45, 7) is 1.84. The first-order valence-electron chi connectivity index (χ1n) is 6.32. The monoisotopic (exact) mass is 287 g/mol. The number of rotatable bonds is 2. The number of fused-ring (bicyclic) bond motifs is 1. The third kappa shape index (κ3) is 2.24. The minimum absolute atomic E-state index is 0.183. The minimum Gasteiger partial charge on any atom is -0.465 e. The molecule has 1 aromatic carbocycles. The second-order valence-corrected chi connectivity index (χ2v) is 4.62. The van der Waals surface area contributed by atoms with Crippen molar-refractivity contribution in [3.05, 3.63) is 40.6 Å². The third-order valence-electron chi connectivity index (χ3n) is 3.29. The van der Waals surface area contributed by atoms with Crippen LogP contribution in [0.15, 0.2) is 35.0 Å². The third-order valence-corrected chi connectivity index (χ3v) is 3.29. The van der Waals surface area contributed by atoms with E-state index >= 15 is 0 Å². The van der Waals surface area contributed by atoms with E-state index in [4.69, 9.17) is 14.2 Å². The molecule has 1 amide bonds. The molecule has 0 aliphatic carbocycles. The molecule has 0 saturated carbocycles. The van der Waals surface area contributed by atoms with Gasteiger partial charge in [0.2, 0.25) is 6.79 Å². The van der Waals surface area contributed by atoms with Crippen LogP contribution in [-0.2, 0) is 14.3 Å². The van der Waals surface area contributed by atoms with Gasteiger partial charge in [0.25, 0.3) is 5.91 Å².